The van der Waals surface area contributed by atoms with Crippen LogP contribution in [0.1, 0.15) is 30.7 Å². The number of hydrogen-bond acceptors (Lipinski definition) is 3. The lowest BCUT2D eigenvalue weighted by Crippen LogP contribution is -2.37. The van der Waals surface area contributed by atoms with Gasteiger partial charge in [-0.2, -0.15) is 0 Å². The Bertz CT molecular complexity index is 444. The molecule has 0 bridgehead atoms. The van der Waals surface area contributed by atoms with Crippen LogP contribution in [0.4, 0.5) is 5.69 Å². The van der Waals surface area contributed by atoms with Gasteiger partial charge in [0.25, 0.3) is 0 Å². The molecule has 2 aliphatic heterocycles. The first kappa shape index (κ1) is 10.6. The molecule has 2 heterocycles. The van der Waals surface area contributed by atoms with Gasteiger partial charge in [0.05, 0.1) is 13.0 Å². The standard InChI is InChI=1S/C14H17NO2/c1-17-14(16)12-9-10-5-4-8-15(10)13-7-3-2-6-11(12)13/h2-3,6-7,10,12H,4-5,8-9H2,1H3/t10-,12+/m1/s1. The number of methoxy groups -OCH3 is 1. The van der Waals surface area contributed by atoms with Crippen LogP contribution >= 0.6 is 0 Å². The number of esters is 1. The number of rotatable bonds is 1. The van der Waals surface area contributed by atoms with Crippen LogP contribution in [0.5, 0.6) is 0 Å². The van der Waals surface area contributed by atoms with Gasteiger partial charge in [0.15, 0.2) is 0 Å². The van der Waals surface area contributed by atoms with E-state index in [4.69, 9.17) is 4.74 Å². The van der Waals surface area contributed by atoms with Crippen molar-refractivity contribution in [3.8, 4) is 0 Å². The minimum atomic E-state index is -0.0935. The molecule has 0 N–H and O–H groups in total. The number of carbonyl (C=O) groups excluding carboxylic acids is 1. The summed E-state index contributed by atoms with van der Waals surface area (Å²) in [5.41, 5.74) is 2.37. The second-order valence-corrected chi connectivity index (χ2v) is 4.86. The van der Waals surface area contributed by atoms with Crippen LogP contribution in [-0.4, -0.2) is 25.7 Å². The lowest BCUT2D eigenvalue weighted by atomic mass is 9.86. The predicted molar refractivity (Wildman–Crippen MR) is 66.2 cm³/mol. The van der Waals surface area contributed by atoms with Crippen molar-refractivity contribution in [3.63, 3.8) is 0 Å². The number of anilines is 1. The monoisotopic (exact) mass is 231 g/mol. The molecule has 2 atom stereocenters. The van der Waals surface area contributed by atoms with Crippen molar-refractivity contribution in [1.82, 2.24) is 0 Å². The quantitative estimate of drug-likeness (QED) is 0.695. The highest BCUT2D eigenvalue weighted by atomic mass is 16.5. The van der Waals surface area contributed by atoms with Gasteiger partial charge < -0.3 is 9.64 Å². The molecule has 0 radical (unpaired) electrons. The third-order valence-corrected chi connectivity index (χ3v) is 3.99. The summed E-state index contributed by atoms with van der Waals surface area (Å²) in [5, 5.41) is 0. The Hall–Kier alpha value is -1.51. The first-order valence-corrected chi connectivity index (χ1v) is 6.24. The van der Waals surface area contributed by atoms with E-state index in [2.05, 4.69) is 17.0 Å². The Balaban J connectivity index is 2.04. The molecule has 17 heavy (non-hydrogen) atoms. The topological polar surface area (TPSA) is 29.5 Å². The van der Waals surface area contributed by atoms with E-state index < -0.39 is 0 Å². The summed E-state index contributed by atoms with van der Waals surface area (Å²) >= 11 is 0. The highest BCUT2D eigenvalue weighted by Gasteiger charge is 2.38. The summed E-state index contributed by atoms with van der Waals surface area (Å²) < 4.78 is 4.94. The second kappa shape index (κ2) is 4.06. The number of hydrogen-bond donors (Lipinski definition) is 0. The largest absolute Gasteiger partial charge is 0.469 e. The number of ether oxygens (including phenoxy) is 1. The average molecular weight is 231 g/mol. The molecule has 0 aliphatic carbocycles. The summed E-state index contributed by atoms with van der Waals surface area (Å²) in [6, 6.07) is 8.77. The minimum absolute atomic E-state index is 0.0736. The Morgan fingerprint density at radius 2 is 2.24 bits per heavy atom. The van der Waals surface area contributed by atoms with Gasteiger partial charge >= 0.3 is 5.97 Å². The van der Waals surface area contributed by atoms with Gasteiger partial charge in [-0.05, 0) is 30.9 Å². The Labute approximate surface area is 101 Å². The van der Waals surface area contributed by atoms with Crippen molar-refractivity contribution in [3.05, 3.63) is 29.8 Å². The maximum Gasteiger partial charge on any atom is 0.313 e. The smallest absolute Gasteiger partial charge is 0.313 e. The van der Waals surface area contributed by atoms with E-state index in [-0.39, 0.29) is 11.9 Å². The Morgan fingerprint density at radius 3 is 3.06 bits per heavy atom. The van der Waals surface area contributed by atoms with Crippen LogP contribution in [0, 0.1) is 0 Å². The van der Waals surface area contributed by atoms with Crippen LogP contribution in [-0.2, 0) is 9.53 Å². The normalized spacial score (nSPS) is 26.3. The SMILES string of the molecule is COC(=O)[C@H]1C[C@H]2CCCN2c2ccccc21. The molecule has 3 heteroatoms. The van der Waals surface area contributed by atoms with Gasteiger partial charge in [-0.3, -0.25) is 4.79 Å². The van der Waals surface area contributed by atoms with Crippen molar-refractivity contribution in [2.75, 3.05) is 18.6 Å². The van der Waals surface area contributed by atoms with E-state index in [0.29, 0.717) is 6.04 Å². The molecule has 3 nitrogen and oxygen atoms in total. The molecule has 0 unspecified atom stereocenters. The first-order valence-electron chi connectivity index (χ1n) is 6.24. The summed E-state index contributed by atoms with van der Waals surface area (Å²) in [6.45, 7) is 1.12. The molecule has 1 fully saturated rings. The lowest BCUT2D eigenvalue weighted by Gasteiger charge is -2.37. The van der Waals surface area contributed by atoms with E-state index in [1.165, 1.54) is 25.6 Å². The van der Waals surface area contributed by atoms with Crippen LogP contribution in [0.25, 0.3) is 0 Å². The molecular formula is C14H17NO2. The maximum atomic E-state index is 11.9. The molecule has 3 rings (SSSR count). The van der Waals surface area contributed by atoms with Crippen molar-refractivity contribution < 1.29 is 9.53 Å². The molecule has 0 spiro atoms. The van der Waals surface area contributed by atoms with Gasteiger partial charge in [0, 0.05) is 18.3 Å². The Kier molecular flexibility index (Phi) is 2.54. The highest BCUT2D eigenvalue weighted by molar-refractivity contribution is 5.82. The van der Waals surface area contributed by atoms with Crippen LogP contribution < -0.4 is 4.90 Å². The predicted octanol–water partition coefficient (Wildman–Crippen LogP) is 2.32. The van der Waals surface area contributed by atoms with Crippen molar-refractivity contribution in [1.29, 1.82) is 0 Å². The lowest BCUT2D eigenvalue weighted by molar-refractivity contribution is -0.142. The fraction of sp³-hybridized carbons (Fsp3) is 0.500. The van der Waals surface area contributed by atoms with Crippen LogP contribution in [0.2, 0.25) is 0 Å². The van der Waals surface area contributed by atoms with Crippen molar-refractivity contribution in [2.24, 2.45) is 0 Å². The number of para-hydroxylation sites is 1. The summed E-state index contributed by atoms with van der Waals surface area (Å²) in [7, 11) is 1.48. The summed E-state index contributed by atoms with van der Waals surface area (Å²) in [6.07, 6.45) is 3.33. The third kappa shape index (κ3) is 1.61. The average Bonchev–Trinajstić information content (AvgIpc) is 2.85. The first-order chi connectivity index (χ1) is 8.31. The van der Waals surface area contributed by atoms with E-state index in [9.17, 15) is 4.79 Å². The van der Waals surface area contributed by atoms with Gasteiger partial charge in [-0.25, -0.2) is 0 Å². The van der Waals surface area contributed by atoms with Gasteiger partial charge in [0.2, 0.25) is 0 Å². The maximum absolute atomic E-state index is 11.9. The molecule has 0 saturated carbocycles. The Morgan fingerprint density at radius 1 is 1.41 bits per heavy atom. The van der Waals surface area contributed by atoms with E-state index in [0.717, 1.165) is 18.5 Å². The molecule has 1 saturated heterocycles. The molecule has 1 aromatic carbocycles. The van der Waals surface area contributed by atoms with Crippen molar-refractivity contribution >= 4 is 11.7 Å². The summed E-state index contributed by atoms with van der Waals surface area (Å²) in [5.74, 6) is -0.167. The minimum Gasteiger partial charge on any atom is -0.469 e. The fourth-order valence-electron chi connectivity index (χ4n) is 3.21. The zero-order valence-electron chi connectivity index (χ0n) is 10.1. The van der Waals surface area contributed by atoms with E-state index >= 15 is 0 Å². The molecule has 1 aromatic rings. The number of nitrogens with zero attached hydrogens (tertiary/aromatic N) is 1. The number of carbonyl (C=O) groups is 1. The van der Waals surface area contributed by atoms with Gasteiger partial charge in [-0.15, -0.1) is 0 Å². The summed E-state index contributed by atoms with van der Waals surface area (Å²) in [4.78, 5) is 14.3. The van der Waals surface area contributed by atoms with Gasteiger partial charge in [-0.1, -0.05) is 18.2 Å². The fourth-order valence-corrected chi connectivity index (χ4v) is 3.21. The van der Waals surface area contributed by atoms with Crippen LogP contribution in [0.3, 0.4) is 0 Å². The second-order valence-electron chi connectivity index (χ2n) is 4.86. The molecular weight excluding hydrogens is 214 g/mol. The number of benzene rings is 1. The zero-order chi connectivity index (χ0) is 11.8. The highest BCUT2D eigenvalue weighted by Crippen LogP contribution is 2.42. The third-order valence-electron chi connectivity index (χ3n) is 3.99. The zero-order valence-corrected chi connectivity index (χ0v) is 10.1. The molecule has 0 amide bonds. The van der Waals surface area contributed by atoms with Crippen LogP contribution in [0.15, 0.2) is 24.3 Å². The molecule has 0 aromatic heterocycles. The molecule has 2 aliphatic rings. The van der Waals surface area contributed by atoms with E-state index in [1.54, 1.807) is 0 Å². The van der Waals surface area contributed by atoms with E-state index in [1.807, 2.05) is 12.1 Å². The van der Waals surface area contributed by atoms with Gasteiger partial charge in [0.1, 0.15) is 0 Å². The molecule has 90 valence electrons. The van der Waals surface area contributed by atoms with Crippen molar-refractivity contribution in [2.45, 2.75) is 31.2 Å². The number of fused-ring (bicyclic) bond motifs is 3.